The van der Waals surface area contributed by atoms with Gasteiger partial charge in [-0.2, -0.15) is 0 Å². The van der Waals surface area contributed by atoms with Crippen LogP contribution in [-0.2, 0) is 0 Å². The summed E-state index contributed by atoms with van der Waals surface area (Å²) in [4.78, 5) is 5.32. The van der Waals surface area contributed by atoms with Gasteiger partial charge in [0, 0.05) is 12.6 Å². The molecular weight excluding hydrogens is 267 g/mol. The quantitative estimate of drug-likeness (QED) is 0.554. The summed E-state index contributed by atoms with van der Waals surface area (Å²) in [6.07, 6.45) is 7.18. The standard InChI is InChI=1S/C16H32N2.C2H4.CH3B/c1-4-8-17-9-5-15(6-10-17)12-16-7-11-18(13-16)14(2)3;2*1-2/h14-16H,4-13H2,1-3H3;1-2H2;1H3. The third kappa shape index (κ3) is 7.83. The number of hydrogen-bond acceptors (Lipinski definition) is 2. The Morgan fingerprint density at radius 2 is 1.55 bits per heavy atom. The molecule has 0 aromatic rings. The molecule has 2 nitrogen and oxygen atoms in total. The Balaban J connectivity index is 0.00000102. The van der Waals surface area contributed by atoms with E-state index in [1.807, 2.05) is 0 Å². The molecule has 2 aliphatic rings. The molecule has 0 saturated carbocycles. The van der Waals surface area contributed by atoms with Gasteiger partial charge in [0.2, 0.25) is 0 Å². The first-order valence-electron chi connectivity index (χ1n) is 9.23. The average Bonchev–Trinajstić information content (AvgIpc) is 3.02. The van der Waals surface area contributed by atoms with E-state index in [9.17, 15) is 0 Å². The molecule has 0 aromatic heterocycles. The summed E-state index contributed by atoms with van der Waals surface area (Å²) in [7, 11) is 4.50. The van der Waals surface area contributed by atoms with Crippen molar-refractivity contribution in [2.24, 2.45) is 11.8 Å². The van der Waals surface area contributed by atoms with Crippen molar-refractivity contribution in [2.75, 3.05) is 32.7 Å². The zero-order valence-electron chi connectivity index (χ0n) is 15.7. The first-order chi connectivity index (χ1) is 10.7. The Labute approximate surface area is 141 Å². The SMILES string of the molecule is C=C.CCCN1CCC(CC2CCN(C(C)C)C2)CC1.[B]C. The average molecular weight is 306 g/mol. The van der Waals surface area contributed by atoms with Gasteiger partial charge in [0.05, 0.1) is 7.85 Å². The Morgan fingerprint density at radius 3 is 2.00 bits per heavy atom. The summed E-state index contributed by atoms with van der Waals surface area (Å²) < 4.78 is 0. The molecule has 3 heteroatoms. The van der Waals surface area contributed by atoms with E-state index >= 15 is 0 Å². The number of rotatable bonds is 5. The predicted octanol–water partition coefficient (Wildman–Crippen LogP) is 4.23. The summed E-state index contributed by atoms with van der Waals surface area (Å²) in [6.45, 7) is 21.2. The third-order valence-electron chi connectivity index (χ3n) is 4.96. The van der Waals surface area contributed by atoms with Crippen LogP contribution in [0.3, 0.4) is 0 Å². The predicted molar refractivity (Wildman–Crippen MR) is 102 cm³/mol. The van der Waals surface area contributed by atoms with Gasteiger partial charge in [-0.25, -0.2) is 0 Å². The Hall–Kier alpha value is -0.275. The molecule has 0 spiro atoms. The van der Waals surface area contributed by atoms with E-state index in [0.29, 0.717) is 0 Å². The summed E-state index contributed by atoms with van der Waals surface area (Å²) in [5.74, 6) is 2.02. The lowest BCUT2D eigenvalue weighted by molar-refractivity contribution is 0.165. The summed E-state index contributed by atoms with van der Waals surface area (Å²) in [5.41, 5.74) is 0. The molecule has 2 fully saturated rings. The van der Waals surface area contributed by atoms with Crippen LogP contribution in [0, 0.1) is 11.8 Å². The Kier molecular flexibility index (Phi) is 13.0. The lowest BCUT2D eigenvalue weighted by Crippen LogP contribution is -2.35. The molecule has 2 rings (SSSR count). The zero-order chi connectivity index (χ0) is 17.0. The van der Waals surface area contributed by atoms with Crippen molar-refractivity contribution < 1.29 is 0 Å². The molecule has 2 aliphatic heterocycles. The fourth-order valence-electron chi connectivity index (χ4n) is 3.76. The maximum Gasteiger partial charge on any atom is 0.0606 e. The Morgan fingerprint density at radius 1 is 1.00 bits per heavy atom. The first-order valence-corrected chi connectivity index (χ1v) is 9.23. The minimum Gasteiger partial charge on any atom is -0.303 e. The monoisotopic (exact) mass is 306 g/mol. The second kappa shape index (κ2) is 13.2. The van der Waals surface area contributed by atoms with E-state index in [4.69, 9.17) is 0 Å². The molecule has 2 heterocycles. The van der Waals surface area contributed by atoms with Crippen LogP contribution in [0.15, 0.2) is 13.2 Å². The van der Waals surface area contributed by atoms with E-state index in [1.165, 1.54) is 71.7 Å². The molecule has 0 aliphatic carbocycles. The van der Waals surface area contributed by atoms with Crippen molar-refractivity contribution in [3.63, 3.8) is 0 Å². The van der Waals surface area contributed by atoms with Crippen molar-refractivity contribution in [3.05, 3.63) is 13.2 Å². The summed E-state index contributed by atoms with van der Waals surface area (Å²) in [5, 5.41) is 0. The maximum absolute atomic E-state index is 4.50. The van der Waals surface area contributed by atoms with Crippen LogP contribution < -0.4 is 0 Å². The number of hydrogen-bond donors (Lipinski definition) is 0. The topological polar surface area (TPSA) is 6.48 Å². The van der Waals surface area contributed by atoms with Crippen molar-refractivity contribution in [1.82, 2.24) is 9.80 Å². The van der Waals surface area contributed by atoms with Crippen molar-refractivity contribution in [3.8, 4) is 0 Å². The van der Waals surface area contributed by atoms with Gasteiger partial charge in [0.15, 0.2) is 0 Å². The second-order valence-corrected chi connectivity index (χ2v) is 6.76. The van der Waals surface area contributed by atoms with Crippen molar-refractivity contribution in [2.45, 2.75) is 65.7 Å². The van der Waals surface area contributed by atoms with Gasteiger partial charge in [-0.3, -0.25) is 0 Å². The van der Waals surface area contributed by atoms with Crippen LogP contribution in [0.5, 0.6) is 0 Å². The molecule has 128 valence electrons. The highest BCUT2D eigenvalue weighted by Crippen LogP contribution is 2.30. The zero-order valence-corrected chi connectivity index (χ0v) is 15.7. The Bertz CT molecular complexity index is 250. The molecule has 0 aromatic carbocycles. The normalized spacial score (nSPS) is 23.6. The largest absolute Gasteiger partial charge is 0.303 e. The van der Waals surface area contributed by atoms with Gasteiger partial charge in [-0.1, -0.05) is 13.7 Å². The second-order valence-electron chi connectivity index (χ2n) is 6.76. The summed E-state index contributed by atoms with van der Waals surface area (Å²) >= 11 is 0. The third-order valence-corrected chi connectivity index (χ3v) is 4.96. The summed E-state index contributed by atoms with van der Waals surface area (Å²) in [6, 6.07) is 0.751. The van der Waals surface area contributed by atoms with E-state index in [0.717, 1.165) is 17.9 Å². The van der Waals surface area contributed by atoms with Gasteiger partial charge in [0.1, 0.15) is 0 Å². The van der Waals surface area contributed by atoms with E-state index in [1.54, 1.807) is 0 Å². The van der Waals surface area contributed by atoms with Crippen LogP contribution in [0.25, 0.3) is 0 Å². The molecule has 2 saturated heterocycles. The highest BCUT2D eigenvalue weighted by molar-refractivity contribution is 6.05. The highest BCUT2D eigenvalue weighted by atomic mass is 15.2. The maximum atomic E-state index is 4.50. The first kappa shape index (κ1) is 21.7. The lowest BCUT2D eigenvalue weighted by atomic mass is 9.87. The minimum absolute atomic E-state index is 0.751. The number of piperidine rings is 1. The van der Waals surface area contributed by atoms with Crippen LogP contribution >= 0.6 is 0 Å². The highest BCUT2D eigenvalue weighted by Gasteiger charge is 2.28. The molecule has 22 heavy (non-hydrogen) atoms. The molecule has 1 atom stereocenters. The minimum atomic E-state index is 0.751. The van der Waals surface area contributed by atoms with Gasteiger partial charge < -0.3 is 9.80 Å². The fourth-order valence-corrected chi connectivity index (χ4v) is 3.76. The van der Waals surface area contributed by atoms with E-state index in [-0.39, 0.29) is 0 Å². The van der Waals surface area contributed by atoms with Gasteiger partial charge in [-0.05, 0) is 84.0 Å². The van der Waals surface area contributed by atoms with Gasteiger partial charge in [0.25, 0.3) is 0 Å². The van der Waals surface area contributed by atoms with Crippen LogP contribution in [0.1, 0.15) is 52.9 Å². The number of nitrogens with zero attached hydrogens (tertiary/aromatic N) is 2. The lowest BCUT2D eigenvalue weighted by Gasteiger charge is -2.33. The molecule has 0 bridgehead atoms. The molecule has 2 radical (unpaired) electrons. The number of likely N-dealkylation sites (tertiary alicyclic amines) is 2. The van der Waals surface area contributed by atoms with Gasteiger partial charge in [-0.15, -0.1) is 13.2 Å². The van der Waals surface area contributed by atoms with E-state index in [2.05, 4.69) is 51.6 Å². The van der Waals surface area contributed by atoms with Gasteiger partial charge >= 0.3 is 0 Å². The van der Waals surface area contributed by atoms with Crippen molar-refractivity contribution in [1.29, 1.82) is 0 Å². The van der Waals surface area contributed by atoms with Crippen LogP contribution in [0.4, 0.5) is 0 Å². The van der Waals surface area contributed by atoms with Crippen LogP contribution in [0.2, 0.25) is 6.82 Å². The fraction of sp³-hybridized carbons (Fsp3) is 0.895. The molecule has 0 N–H and O–H groups in total. The van der Waals surface area contributed by atoms with E-state index < -0.39 is 0 Å². The smallest absolute Gasteiger partial charge is 0.0606 e. The van der Waals surface area contributed by atoms with Crippen molar-refractivity contribution >= 4 is 7.85 Å². The molecule has 1 unspecified atom stereocenters. The molecule has 0 amide bonds. The molecular formula is C19H39BN2. The van der Waals surface area contributed by atoms with Crippen LogP contribution in [-0.4, -0.2) is 56.4 Å².